The van der Waals surface area contributed by atoms with Crippen LogP contribution in [0.5, 0.6) is 5.75 Å². The molecule has 1 fully saturated rings. The van der Waals surface area contributed by atoms with E-state index in [0.717, 1.165) is 27.6 Å². The minimum Gasteiger partial charge on any atom is -0.508 e. The summed E-state index contributed by atoms with van der Waals surface area (Å²) in [7, 11) is 1.69. The number of para-hydroxylation sites is 1. The number of hydrogen-bond donors (Lipinski definition) is 8. The average molecular weight is 956 g/mol. The first-order valence-corrected chi connectivity index (χ1v) is 23.8. The summed E-state index contributed by atoms with van der Waals surface area (Å²) in [6.07, 6.45) is 3.31. The van der Waals surface area contributed by atoms with Gasteiger partial charge in [-0.05, 0) is 79.0 Å². The number of carbonyl (C=O) groups excluding carboxylic acids is 7. The van der Waals surface area contributed by atoms with Gasteiger partial charge in [-0.15, -0.1) is 0 Å². The molecule has 7 amide bonds. The third-order valence-corrected chi connectivity index (χ3v) is 12.4. The summed E-state index contributed by atoms with van der Waals surface area (Å²) in [5, 5.41) is 24.2. The summed E-state index contributed by atoms with van der Waals surface area (Å²) in [6.45, 7) is 5.31. The monoisotopic (exact) mass is 955 g/mol. The van der Waals surface area contributed by atoms with E-state index in [2.05, 4.69) is 31.6 Å². The Morgan fingerprint density at radius 3 is 2.04 bits per heavy atom. The van der Waals surface area contributed by atoms with E-state index in [0.29, 0.717) is 24.9 Å². The second-order valence-corrected chi connectivity index (χ2v) is 18.4. The van der Waals surface area contributed by atoms with Gasteiger partial charge in [-0.2, -0.15) is 0 Å². The molecule has 1 aromatic heterocycles. The van der Waals surface area contributed by atoms with Gasteiger partial charge in [-0.25, -0.2) is 0 Å². The summed E-state index contributed by atoms with van der Waals surface area (Å²) in [4.78, 5) is 103. The highest BCUT2D eigenvalue weighted by atomic mass is 16.3. The Morgan fingerprint density at radius 1 is 0.714 bits per heavy atom. The molecule has 1 saturated heterocycles. The van der Waals surface area contributed by atoms with Crippen molar-refractivity contribution in [2.75, 3.05) is 20.1 Å². The average Bonchev–Trinajstić information content (AvgIpc) is 4.01. The van der Waals surface area contributed by atoms with Crippen LogP contribution in [-0.2, 0) is 59.4 Å². The molecule has 0 saturated carbocycles. The molecule has 0 bridgehead atoms. The Kier molecular flexibility index (Phi) is 18.3. The van der Waals surface area contributed by atoms with Crippen molar-refractivity contribution in [2.45, 2.75) is 102 Å². The van der Waals surface area contributed by atoms with Gasteiger partial charge in [0.15, 0.2) is 0 Å². The normalized spacial score (nSPS) is 15.5. The first-order chi connectivity index (χ1) is 33.6. The lowest BCUT2D eigenvalue weighted by molar-refractivity contribution is -0.142. The van der Waals surface area contributed by atoms with Gasteiger partial charge in [0.05, 0.1) is 12.6 Å². The van der Waals surface area contributed by atoms with Crippen molar-refractivity contribution in [1.82, 2.24) is 41.4 Å². The number of likely N-dealkylation sites (N-methyl/N-ethyl adjacent to an activating group) is 1. The van der Waals surface area contributed by atoms with Crippen LogP contribution in [0.15, 0.2) is 115 Å². The standard InChI is InChI=1S/C53H65N9O8/c1-33(2)26-43(50(67)60-45(29-38-30-55-42-19-12-11-18-40(38)42)52(69)61(4)32-37-16-9-6-10-17-37)59-51(68)46-20-13-25-62(46)53(70)44(28-35-14-7-5-8-15-35)58-47(64)31-56-48(65)34(3)57-49(66)41(54)27-36-21-23-39(63)24-22-36/h5-12,14-19,21-24,30,33-34,41,43-46,55,63H,13,20,25-29,31-32,54H2,1-4H3,(H,56,65)(H,57,66)(H,58,64)(H,59,68)(H,60,67)/t34-,41+,43+,44+,45+,46+/m1/s1. The Balaban J connectivity index is 1.11. The first-order valence-electron chi connectivity index (χ1n) is 23.8. The Morgan fingerprint density at radius 2 is 1.36 bits per heavy atom. The highest BCUT2D eigenvalue weighted by Crippen LogP contribution is 2.23. The molecule has 0 aliphatic carbocycles. The summed E-state index contributed by atoms with van der Waals surface area (Å²) in [5.74, 6) is -3.78. The van der Waals surface area contributed by atoms with Crippen LogP contribution < -0.4 is 32.3 Å². The summed E-state index contributed by atoms with van der Waals surface area (Å²) in [5.41, 5.74) is 10.2. The van der Waals surface area contributed by atoms with Crippen LogP contribution >= 0.6 is 0 Å². The van der Waals surface area contributed by atoms with Crippen LogP contribution in [-0.4, -0.2) is 118 Å². The summed E-state index contributed by atoms with van der Waals surface area (Å²) < 4.78 is 0. The zero-order valence-corrected chi connectivity index (χ0v) is 40.2. The predicted molar refractivity (Wildman–Crippen MR) is 265 cm³/mol. The van der Waals surface area contributed by atoms with Crippen LogP contribution in [0.4, 0.5) is 0 Å². The van der Waals surface area contributed by atoms with Gasteiger partial charge in [0.1, 0.15) is 36.0 Å². The van der Waals surface area contributed by atoms with Crippen molar-refractivity contribution >= 4 is 52.3 Å². The number of H-pyrrole nitrogens is 1. The number of nitrogens with zero attached hydrogens (tertiary/aromatic N) is 2. The number of phenols is 1. The van der Waals surface area contributed by atoms with Crippen LogP contribution in [0.2, 0.25) is 0 Å². The molecule has 1 aliphatic rings. The second-order valence-electron chi connectivity index (χ2n) is 18.4. The van der Waals surface area contributed by atoms with Crippen molar-refractivity contribution in [3.05, 3.63) is 138 Å². The van der Waals surface area contributed by atoms with Crippen molar-refractivity contribution < 1.29 is 38.7 Å². The predicted octanol–water partition coefficient (Wildman–Crippen LogP) is 3.00. The van der Waals surface area contributed by atoms with E-state index in [1.54, 1.807) is 36.2 Å². The van der Waals surface area contributed by atoms with Gasteiger partial charge >= 0.3 is 0 Å². The highest BCUT2D eigenvalue weighted by Gasteiger charge is 2.40. The van der Waals surface area contributed by atoms with Crippen molar-refractivity contribution in [1.29, 1.82) is 0 Å². The number of amides is 7. The largest absolute Gasteiger partial charge is 0.508 e. The number of carbonyl (C=O) groups is 7. The highest BCUT2D eigenvalue weighted by molar-refractivity contribution is 5.97. The molecule has 70 heavy (non-hydrogen) atoms. The SMILES string of the molecule is CC(C)C[C@H](NC(=O)[C@@H]1CCCN1C(=O)[C@H](Cc1ccccc1)NC(=O)CNC(=O)[C@@H](C)NC(=O)[C@@H](N)Cc1ccc(O)cc1)C(=O)N[C@@H](Cc1c[nH]c2ccccc12)C(=O)N(C)Cc1ccccc1. The van der Waals surface area contributed by atoms with Crippen LogP contribution in [0.25, 0.3) is 10.9 Å². The third kappa shape index (κ3) is 14.5. The van der Waals surface area contributed by atoms with E-state index in [1.807, 2.05) is 92.8 Å². The number of phenolic OH excluding ortho intramolecular Hbond substituents is 1. The Labute approximate surface area is 408 Å². The zero-order chi connectivity index (χ0) is 50.3. The van der Waals surface area contributed by atoms with Crippen molar-refractivity contribution in [2.24, 2.45) is 11.7 Å². The van der Waals surface area contributed by atoms with E-state index in [4.69, 9.17) is 5.73 Å². The molecule has 2 heterocycles. The minimum atomic E-state index is -1.13. The topological polar surface area (TPSA) is 248 Å². The van der Waals surface area contributed by atoms with Crippen LogP contribution in [0.3, 0.4) is 0 Å². The van der Waals surface area contributed by atoms with E-state index in [9.17, 15) is 38.7 Å². The molecule has 17 heteroatoms. The molecule has 0 spiro atoms. The molecule has 0 radical (unpaired) electrons. The van der Waals surface area contributed by atoms with Gasteiger partial charge in [0, 0.05) is 50.1 Å². The van der Waals surface area contributed by atoms with E-state index in [-0.39, 0.29) is 49.8 Å². The molecule has 5 aromatic rings. The number of rotatable bonds is 22. The molecule has 9 N–H and O–H groups in total. The molecule has 1 aliphatic heterocycles. The van der Waals surface area contributed by atoms with Crippen molar-refractivity contribution in [3.8, 4) is 5.75 Å². The van der Waals surface area contributed by atoms with Gasteiger partial charge in [-0.1, -0.05) is 105 Å². The van der Waals surface area contributed by atoms with Crippen LogP contribution in [0.1, 0.15) is 62.3 Å². The van der Waals surface area contributed by atoms with Gasteiger partial charge < -0.3 is 52.2 Å². The minimum absolute atomic E-state index is 0.0414. The third-order valence-electron chi connectivity index (χ3n) is 12.4. The van der Waals surface area contributed by atoms with Crippen LogP contribution in [0, 0.1) is 5.92 Å². The fourth-order valence-corrected chi connectivity index (χ4v) is 8.65. The summed E-state index contributed by atoms with van der Waals surface area (Å²) >= 11 is 0. The Hall–Kier alpha value is -7.53. The number of likely N-dealkylation sites (tertiary alicyclic amines) is 1. The molecule has 6 rings (SSSR count). The maximum absolute atomic E-state index is 14.5. The molecule has 17 nitrogen and oxygen atoms in total. The van der Waals surface area contributed by atoms with Gasteiger partial charge in [0.25, 0.3) is 0 Å². The van der Waals surface area contributed by atoms with E-state index >= 15 is 0 Å². The van der Waals surface area contributed by atoms with Gasteiger partial charge in [-0.3, -0.25) is 33.6 Å². The maximum atomic E-state index is 14.5. The number of benzene rings is 4. The number of aromatic nitrogens is 1. The molecular formula is C53H65N9O8. The molecule has 0 unspecified atom stereocenters. The smallest absolute Gasteiger partial charge is 0.246 e. The quantitative estimate of drug-likeness (QED) is 0.0508. The lowest BCUT2D eigenvalue weighted by Crippen LogP contribution is -2.59. The number of hydrogen-bond acceptors (Lipinski definition) is 9. The van der Waals surface area contributed by atoms with Gasteiger partial charge in [0.2, 0.25) is 41.4 Å². The lowest BCUT2D eigenvalue weighted by atomic mass is 10.00. The van der Waals surface area contributed by atoms with E-state index in [1.165, 1.54) is 24.0 Å². The molecular weight excluding hydrogens is 891 g/mol. The van der Waals surface area contributed by atoms with Crippen molar-refractivity contribution in [3.63, 3.8) is 0 Å². The fourth-order valence-electron chi connectivity index (χ4n) is 8.65. The van der Waals surface area contributed by atoms with E-state index < -0.39 is 78.2 Å². The number of fused-ring (bicyclic) bond motifs is 1. The fraction of sp³-hybridized carbons (Fsp3) is 0.377. The second kappa shape index (κ2) is 24.7. The Bertz CT molecular complexity index is 2590. The summed E-state index contributed by atoms with van der Waals surface area (Å²) in [6, 6.07) is 26.4. The molecule has 6 atom stereocenters. The zero-order valence-electron chi connectivity index (χ0n) is 40.2. The lowest BCUT2D eigenvalue weighted by Gasteiger charge is -2.31. The molecule has 370 valence electrons. The number of aromatic hydroxyl groups is 1. The number of nitrogens with one attached hydrogen (secondary N) is 6. The first kappa shape index (κ1) is 51.9. The number of nitrogens with two attached hydrogens (primary N) is 1. The maximum Gasteiger partial charge on any atom is 0.246 e. The number of aromatic amines is 1. The molecule has 4 aromatic carbocycles.